The smallest absolute Gasteiger partial charge is 0.340 e. The summed E-state index contributed by atoms with van der Waals surface area (Å²) in [5.74, 6) is 1.41. The van der Waals surface area contributed by atoms with Crippen molar-refractivity contribution in [3.63, 3.8) is 0 Å². The Morgan fingerprint density at radius 3 is 2.90 bits per heavy atom. The van der Waals surface area contributed by atoms with Crippen molar-refractivity contribution in [3.8, 4) is 5.88 Å². The zero-order chi connectivity index (χ0) is 14.7. The standard InChI is InChI=1S/C14H19N5O2/c1-10-3-2-6-15-13(10)21-11-4-7-19(8-5-11)9-12-16-14(20)18-17-12/h2-3,6,11H,4-5,7-9H2,1H3,(H2,16,17,18,20). The molecule has 0 radical (unpaired) electrons. The lowest BCUT2D eigenvalue weighted by Gasteiger charge is -2.31. The molecule has 7 nitrogen and oxygen atoms in total. The van der Waals surface area contributed by atoms with Crippen LogP contribution in [0.1, 0.15) is 24.2 Å². The van der Waals surface area contributed by atoms with Gasteiger partial charge in [0.25, 0.3) is 0 Å². The first-order valence-corrected chi connectivity index (χ1v) is 7.15. The molecule has 0 spiro atoms. The Hall–Kier alpha value is -2.15. The van der Waals surface area contributed by atoms with Crippen LogP contribution >= 0.6 is 0 Å². The van der Waals surface area contributed by atoms with Gasteiger partial charge in [-0.3, -0.25) is 9.88 Å². The molecule has 112 valence electrons. The van der Waals surface area contributed by atoms with E-state index in [9.17, 15) is 4.79 Å². The number of rotatable bonds is 4. The van der Waals surface area contributed by atoms with Crippen molar-refractivity contribution in [1.29, 1.82) is 0 Å². The van der Waals surface area contributed by atoms with Gasteiger partial charge in [-0.15, -0.1) is 0 Å². The van der Waals surface area contributed by atoms with Crippen molar-refractivity contribution in [3.05, 3.63) is 40.2 Å². The summed E-state index contributed by atoms with van der Waals surface area (Å²) < 4.78 is 5.97. The molecule has 0 amide bonds. The van der Waals surface area contributed by atoms with E-state index in [0.717, 1.165) is 37.4 Å². The number of ether oxygens (including phenoxy) is 1. The van der Waals surface area contributed by atoms with E-state index in [4.69, 9.17) is 4.74 Å². The first-order chi connectivity index (χ1) is 10.2. The van der Waals surface area contributed by atoms with Gasteiger partial charge in [-0.25, -0.2) is 14.9 Å². The molecule has 0 saturated carbocycles. The number of aryl methyl sites for hydroxylation is 1. The molecule has 0 atom stereocenters. The highest BCUT2D eigenvalue weighted by molar-refractivity contribution is 5.23. The van der Waals surface area contributed by atoms with Gasteiger partial charge < -0.3 is 4.74 Å². The predicted molar refractivity (Wildman–Crippen MR) is 77.1 cm³/mol. The highest BCUT2D eigenvalue weighted by Gasteiger charge is 2.22. The van der Waals surface area contributed by atoms with E-state index in [1.54, 1.807) is 6.20 Å². The summed E-state index contributed by atoms with van der Waals surface area (Å²) in [6, 6.07) is 3.92. The molecule has 1 saturated heterocycles. The second kappa shape index (κ2) is 6.09. The van der Waals surface area contributed by atoms with Gasteiger partial charge in [-0.2, -0.15) is 5.10 Å². The summed E-state index contributed by atoms with van der Waals surface area (Å²) in [6.07, 6.45) is 3.86. The van der Waals surface area contributed by atoms with Crippen molar-refractivity contribution in [2.45, 2.75) is 32.4 Å². The van der Waals surface area contributed by atoms with Gasteiger partial charge in [0.15, 0.2) is 0 Å². The van der Waals surface area contributed by atoms with Gasteiger partial charge >= 0.3 is 5.69 Å². The Kier molecular flexibility index (Phi) is 4.01. The summed E-state index contributed by atoms with van der Waals surface area (Å²) >= 11 is 0. The average molecular weight is 289 g/mol. The lowest BCUT2D eigenvalue weighted by Crippen LogP contribution is -2.38. The fraction of sp³-hybridized carbons (Fsp3) is 0.500. The molecule has 0 bridgehead atoms. The number of nitrogens with one attached hydrogen (secondary N) is 2. The number of aromatic nitrogens is 4. The number of pyridine rings is 1. The SMILES string of the molecule is Cc1cccnc1OC1CCN(Cc2n[nH]c(=O)[nH]2)CC1. The fourth-order valence-electron chi connectivity index (χ4n) is 2.53. The Morgan fingerprint density at radius 1 is 1.43 bits per heavy atom. The molecular formula is C14H19N5O2. The van der Waals surface area contributed by atoms with Crippen LogP contribution in [0.15, 0.2) is 23.1 Å². The number of piperidine rings is 1. The predicted octanol–water partition coefficient (Wildman–Crippen LogP) is 0.845. The second-order valence-corrected chi connectivity index (χ2v) is 5.34. The van der Waals surface area contributed by atoms with Crippen molar-refractivity contribution < 1.29 is 4.74 Å². The molecule has 2 N–H and O–H groups in total. The number of aromatic amines is 2. The van der Waals surface area contributed by atoms with Crippen molar-refractivity contribution >= 4 is 0 Å². The van der Waals surface area contributed by atoms with Gasteiger partial charge in [-0.1, -0.05) is 6.07 Å². The molecule has 0 unspecified atom stereocenters. The van der Waals surface area contributed by atoms with Gasteiger partial charge in [0.05, 0.1) is 6.54 Å². The average Bonchev–Trinajstić information content (AvgIpc) is 2.89. The topological polar surface area (TPSA) is 86.9 Å². The van der Waals surface area contributed by atoms with E-state index >= 15 is 0 Å². The van der Waals surface area contributed by atoms with E-state index in [0.29, 0.717) is 12.4 Å². The van der Waals surface area contributed by atoms with Crippen molar-refractivity contribution in [2.24, 2.45) is 0 Å². The molecule has 3 heterocycles. The lowest BCUT2D eigenvalue weighted by atomic mass is 10.1. The second-order valence-electron chi connectivity index (χ2n) is 5.34. The third kappa shape index (κ3) is 3.49. The van der Waals surface area contributed by atoms with Crippen LogP contribution in [0.3, 0.4) is 0 Å². The maximum atomic E-state index is 11.0. The monoisotopic (exact) mass is 289 g/mol. The van der Waals surface area contributed by atoms with E-state index in [1.165, 1.54) is 0 Å². The Morgan fingerprint density at radius 2 is 2.24 bits per heavy atom. The van der Waals surface area contributed by atoms with Gasteiger partial charge in [-0.05, 0) is 25.8 Å². The zero-order valence-electron chi connectivity index (χ0n) is 12.0. The lowest BCUT2D eigenvalue weighted by molar-refractivity contribution is 0.0913. The van der Waals surface area contributed by atoms with Gasteiger partial charge in [0, 0.05) is 24.8 Å². The van der Waals surface area contributed by atoms with Crippen LogP contribution in [0, 0.1) is 6.92 Å². The fourth-order valence-corrected chi connectivity index (χ4v) is 2.53. The van der Waals surface area contributed by atoms with E-state index in [2.05, 4.69) is 25.1 Å². The first kappa shape index (κ1) is 13.8. The van der Waals surface area contributed by atoms with Crippen LogP contribution < -0.4 is 10.4 Å². The first-order valence-electron chi connectivity index (χ1n) is 7.15. The van der Waals surface area contributed by atoms with Crippen LogP contribution in [-0.4, -0.2) is 44.3 Å². The number of hydrogen-bond donors (Lipinski definition) is 2. The molecule has 1 aliphatic heterocycles. The summed E-state index contributed by atoms with van der Waals surface area (Å²) in [4.78, 5) is 20.2. The minimum Gasteiger partial charge on any atom is -0.474 e. The van der Waals surface area contributed by atoms with Crippen molar-refractivity contribution in [1.82, 2.24) is 25.1 Å². The third-order valence-electron chi connectivity index (χ3n) is 3.70. The third-order valence-corrected chi connectivity index (χ3v) is 3.70. The minimum atomic E-state index is -0.256. The largest absolute Gasteiger partial charge is 0.474 e. The molecule has 2 aromatic rings. The highest BCUT2D eigenvalue weighted by atomic mass is 16.5. The quantitative estimate of drug-likeness (QED) is 0.871. The molecule has 21 heavy (non-hydrogen) atoms. The van der Waals surface area contributed by atoms with Gasteiger partial charge in [0.1, 0.15) is 11.9 Å². The molecule has 1 aliphatic rings. The highest BCUT2D eigenvalue weighted by Crippen LogP contribution is 2.20. The zero-order valence-corrected chi connectivity index (χ0v) is 12.0. The Bertz CT molecular complexity index is 643. The van der Waals surface area contributed by atoms with Crippen LogP contribution in [0.4, 0.5) is 0 Å². The number of likely N-dealkylation sites (tertiary alicyclic amines) is 1. The van der Waals surface area contributed by atoms with Crippen molar-refractivity contribution in [2.75, 3.05) is 13.1 Å². The molecule has 1 fully saturated rings. The summed E-state index contributed by atoms with van der Waals surface area (Å²) in [5, 5.41) is 6.32. The van der Waals surface area contributed by atoms with E-state index < -0.39 is 0 Å². The maximum absolute atomic E-state index is 11.0. The molecule has 0 aromatic carbocycles. The van der Waals surface area contributed by atoms with Crippen LogP contribution in [0.25, 0.3) is 0 Å². The normalized spacial score (nSPS) is 17.0. The number of H-pyrrole nitrogens is 2. The minimum absolute atomic E-state index is 0.202. The molecule has 7 heteroatoms. The van der Waals surface area contributed by atoms with E-state index in [-0.39, 0.29) is 11.8 Å². The van der Waals surface area contributed by atoms with Crippen LogP contribution in [-0.2, 0) is 6.54 Å². The number of nitrogens with zero attached hydrogens (tertiary/aromatic N) is 3. The molecule has 2 aromatic heterocycles. The Labute approximate surface area is 122 Å². The summed E-state index contributed by atoms with van der Waals surface area (Å²) in [7, 11) is 0. The Balaban J connectivity index is 1.51. The summed E-state index contributed by atoms with van der Waals surface area (Å²) in [5.41, 5.74) is 0.808. The molecule has 0 aliphatic carbocycles. The summed E-state index contributed by atoms with van der Waals surface area (Å²) in [6.45, 7) is 4.51. The molecular weight excluding hydrogens is 270 g/mol. The van der Waals surface area contributed by atoms with Crippen LogP contribution in [0.5, 0.6) is 5.88 Å². The van der Waals surface area contributed by atoms with Crippen LogP contribution in [0.2, 0.25) is 0 Å². The van der Waals surface area contributed by atoms with E-state index in [1.807, 2.05) is 19.1 Å². The molecule has 3 rings (SSSR count). The van der Waals surface area contributed by atoms with Gasteiger partial charge in [0.2, 0.25) is 5.88 Å². The number of hydrogen-bond acceptors (Lipinski definition) is 5. The maximum Gasteiger partial charge on any atom is 0.340 e.